The van der Waals surface area contributed by atoms with Crippen molar-refractivity contribution >= 4 is 0 Å². The van der Waals surface area contributed by atoms with E-state index in [9.17, 15) is 0 Å². The zero-order chi connectivity index (χ0) is 13.1. The maximum absolute atomic E-state index is 4.55. The number of aromatic nitrogens is 2. The van der Waals surface area contributed by atoms with E-state index in [0.717, 1.165) is 24.3 Å². The Hall–Kier alpha value is -0.830. The average molecular weight is 249 g/mol. The summed E-state index contributed by atoms with van der Waals surface area (Å²) in [7, 11) is 2.05. The Labute approximate surface area is 111 Å². The molecule has 0 bridgehead atoms. The van der Waals surface area contributed by atoms with Crippen LogP contribution in [-0.4, -0.2) is 16.1 Å². The van der Waals surface area contributed by atoms with Gasteiger partial charge in [0.15, 0.2) is 0 Å². The number of nitrogens with one attached hydrogen (secondary N) is 1. The molecule has 3 nitrogen and oxygen atoms in total. The molecule has 0 aliphatic heterocycles. The van der Waals surface area contributed by atoms with Crippen molar-refractivity contribution in [1.82, 2.24) is 14.9 Å². The zero-order valence-electron chi connectivity index (χ0n) is 12.2. The van der Waals surface area contributed by atoms with E-state index in [4.69, 9.17) is 0 Å². The third-order valence-electron chi connectivity index (χ3n) is 4.58. The summed E-state index contributed by atoms with van der Waals surface area (Å²) < 4.78 is 2.05. The van der Waals surface area contributed by atoms with Crippen molar-refractivity contribution in [3.05, 3.63) is 18.2 Å². The van der Waals surface area contributed by atoms with Crippen LogP contribution in [0.1, 0.15) is 51.8 Å². The molecular formula is C15H27N3. The van der Waals surface area contributed by atoms with Crippen LogP contribution in [0.15, 0.2) is 12.5 Å². The van der Waals surface area contributed by atoms with Crippen molar-refractivity contribution in [2.24, 2.45) is 24.8 Å². The second kappa shape index (κ2) is 5.87. The Morgan fingerprint density at radius 1 is 1.39 bits per heavy atom. The highest BCUT2D eigenvalue weighted by Gasteiger charge is 2.31. The topological polar surface area (TPSA) is 29.9 Å². The Bertz CT molecular complexity index is 372. The van der Waals surface area contributed by atoms with E-state index >= 15 is 0 Å². The fraction of sp³-hybridized carbons (Fsp3) is 0.800. The van der Waals surface area contributed by atoms with Gasteiger partial charge in [-0.05, 0) is 37.1 Å². The third-order valence-corrected chi connectivity index (χ3v) is 4.58. The van der Waals surface area contributed by atoms with Crippen molar-refractivity contribution in [1.29, 1.82) is 0 Å². The second-order valence-electron chi connectivity index (χ2n) is 6.03. The van der Waals surface area contributed by atoms with Gasteiger partial charge >= 0.3 is 0 Å². The smallest absolute Gasteiger partial charge is 0.0947 e. The minimum absolute atomic E-state index is 0.436. The predicted molar refractivity (Wildman–Crippen MR) is 75.3 cm³/mol. The van der Waals surface area contributed by atoms with Crippen LogP contribution in [0.2, 0.25) is 0 Å². The molecule has 0 radical (unpaired) electrons. The molecule has 0 amide bonds. The molecular weight excluding hydrogens is 222 g/mol. The lowest BCUT2D eigenvalue weighted by Crippen LogP contribution is -2.33. The second-order valence-corrected chi connectivity index (χ2v) is 6.03. The fourth-order valence-corrected chi connectivity index (χ4v) is 3.22. The van der Waals surface area contributed by atoms with Gasteiger partial charge in [-0.3, -0.25) is 0 Å². The Morgan fingerprint density at radius 3 is 2.72 bits per heavy atom. The number of nitrogens with zero attached hydrogens (tertiary/aromatic N) is 2. The van der Waals surface area contributed by atoms with Crippen LogP contribution < -0.4 is 5.32 Å². The average Bonchev–Trinajstić information content (AvgIpc) is 2.76. The molecule has 1 N–H and O–H groups in total. The highest BCUT2D eigenvalue weighted by atomic mass is 15.0. The first-order valence-electron chi connectivity index (χ1n) is 7.33. The van der Waals surface area contributed by atoms with Crippen molar-refractivity contribution < 1.29 is 0 Å². The Morgan fingerprint density at radius 2 is 2.17 bits per heavy atom. The lowest BCUT2D eigenvalue weighted by atomic mass is 9.72. The summed E-state index contributed by atoms with van der Waals surface area (Å²) in [6.07, 6.45) is 8.10. The van der Waals surface area contributed by atoms with Gasteiger partial charge < -0.3 is 9.88 Å². The summed E-state index contributed by atoms with van der Waals surface area (Å²) in [4.78, 5) is 4.55. The summed E-state index contributed by atoms with van der Waals surface area (Å²) >= 11 is 0. The van der Waals surface area contributed by atoms with Crippen molar-refractivity contribution in [2.75, 3.05) is 6.54 Å². The summed E-state index contributed by atoms with van der Waals surface area (Å²) in [6, 6.07) is 0.436. The third kappa shape index (κ3) is 2.94. The molecule has 1 fully saturated rings. The molecule has 2 rings (SSSR count). The van der Waals surface area contributed by atoms with E-state index in [-0.39, 0.29) is 0 Å². The fourth-order valence-electron chi connectivity index (χ4n) is 3.22. The van der Waals surface area contributed by atoms with Gasteiger partial charge in [0.25, 0.3) is 0 Å². The molecule has 4 atom stereocenters. The van der Waals surface area contributed by atoms with Crippen LogP contribution in [0.5, 0.6) is 0 Å². The molecule has 1 saturated carbocycles. The number of hydrogen-bond acceptors (Lipinski definition) is 2. The minimum Gasteiger partial charge on any atom is -0.340 e. The van der Waals surface area contributed by atoms with Crippen LogP contribution in [-0.2, 0) is 7.05 Å². The van der Waals surface area contributed by atoms with Crippen molar-refractivity contribution in [3.63, 3.8) is 0 Å². The first-order chi connectivity index (χ1) is 8.61. The monoisotopic (exact) mass is 249 g/mol. The number of aryl methyl sites for hydroxylation is 1. The first kappa shape index (κ1) is 13.6. The molecule has 0 spiro atoms. The molecule has 1 aliphatic carbocycles. The van der Waals surface area contributed by atoms with Gasteiger partial charge in [-0.15, -0.1) is 0 Å². The SMILES string of the molecule is CCNC(c1cn(C)cn1)C1CCC(C)C(C)C1. The Balaban J connectivity index is 2.10. The van der Waals surface area contributed by atoms with E-state index in [0.29, 0.717) is 6.04 Å². The normalized spacial score (nSPS) is 30.3. The minimum atomic E-state index is 0.436. The molecule has 0 saturated heterocycles. The van der Waals surface area contributed by atoms with Crippen LogP contribution >= 0.6 is 0 Å². The summed E-state index contributed by atoms with van der Waals surface area (Å²) in [6.45, 7) is 7.99. The number of hydrogen-bond donors (Lipinski definition) is 1. The van der Waals surface area contributed by atoms with Crippen LogP contribution in [0.25, 0.3) is 0 Å². The van der Waals surface area contributed by atoms with E-state index in [1.165, 1.54) is 25.0 Å². The molecule has 0 aromatic carbocycles. The molecule has 3 heteroatoms. The van der Waals surface area contributed by atoms with Crippen molar-refractivity contribution in [2.45, 2.75) is 46.1 Å². The molecule has 102 valence electrons. The van der Waals surface area contributed by atoms with Crippen molar-refractivity contribution in [3.8, 4) is 0 Å². The first-order valence-corrected chi connectivity index (χ1v) is 7.33. The lowest BCUT2D eigenvalue weighted by Gasteiger charge is -2.36. The summed E-state index contributed by atoms with van der Waals surface area (Å²) in [5.41, 5.74) is 1.21. The van der Waals surface area contributed by atoms with Gasteiger partial charge in [-0.1, -0.05) is 27.2 Å². The quantitative estimate of drug-likeness (QED) is 0.888. The standard InChI is InChI=1S/C15H27N3/c1-5-16-15(14-9-18(4)10-17-14)13-7-6-11(2)12(3)8-13/h9-13,15-16H,5-8H2,1-4H3. The molecule has 1 heterocycles. The highest BCUT2D eigenvalue weighted by Crippen LogP contribution is 2.39. The van der Waals surface area contributed by atoms with Crippen LogP contribution in [0, 0.1) is 17.8 Å². The van der Waals surface area contributed by atoms with E-state index in [1.807, 2.05) is 13.4 Å². The van der Waals surface area contributed by atoms with Gasteiger partial charge in [-0.2, -0.15) is 0 Å². The molecule has 1 aromatic rings. The van der Waals surface area contributed by atoms with E-state index in [1.54, 1.807) is 0 Å². The maximum atomic E-state index is 4.55. The van der Waals surface area contributed by atoms with Gasteiger partial charge in [0.1, 0.15) is 0 Å². The lowest BCUT2D eigenvalue weighted by molar-refractivity contribution is 0.170. The molecule has 1 aromatic heterocycles. The predicted octanol–water partition coefficient (Wildman–Crippen LogP) is 3.14. The number of rotatable bonds is 4. The Kier molecular flexibility index (Phi) is 4.44. The molecule has 1 aliphatic rings. The zero-order valence-corrected chi connectivity index (χ0v) is 12.2. The summed E-state index contributed by atoms with van der Waals surface area (Å²) in [5, 5.41) is 3.64. The van der Waals surface area contributed by atoms with E-state index in [2.05, 4.69) is 41.8 Å². The number of imidazole rings is 1. The summed E-state index contributed by atoms with van der Waals surface area (Å²) in [5.74, 6) is 2.46. The van der Waals surface area contributed by atoms with Gasteiger partial charge in [0.2, 0.25) is 0 Å². The maximum Gasteiger partial charge on any atom is 0.0947 e. The van der Waals surface area contributed by atoms with E-state index < -0.39 is 0 Å². The van der Waals surface area contributed by atoms with Gasteiger partial charge in [0, 0.05) is 13.2 Å². The molecule has 18 heavy (non-hydrogen) atoms. The van der Waals surface area contributed by atoms with Gasteiger partial charge in [-0.25, -0.2) is 4.98 Å². The highest BCUT2D eigenvalue weighted by molar-refractivity contribution is 5.06. The molecule has 4 unspecified atom stereocenters. The largest absolute Gasteiger partial charge is 0.340 e. The van der Waals surface area contributed by atoms with Crippen LogP contribution in [0.3, 0.4) is 0 Å². The van der Waals surface area contributed by atoms with Crippen LogP contribution in [0.4, 0.5) is 0 Å². The van der Waals surface area contributed by atoms with Gasteiger partial charge in [0.05, 0.1) is 18.1 Å².